The van der Waals surface area contributed by atoms with E-state index in [1.165, 1.54) is 9.12 Å². The first-order valence-electron chi connectivity index (χ1n) is 11.0. The quantitative estimate of drug-likeness (QED) is 0.237. The standard InChI is InChI=1S/C24H33IN4O3S/c1-16(23(32)26-15-18-10-7-9-17-8-5-6-11-20(17)18)27-22(31)14-19(29-33-25)12-13-21(30)28-24(2,3)4/h5-11,16,19,29H,12-15H2,1-4H3,(H,26,32)(H,27,31)(H,28,30)/t16-,19-/m0/s1. The summed E-state index contributed by atoms with van der Waals surface area (Å²) in [7, 11) is 1.38. The molecule has 4 N–H and O–H groups in total. The van der Waals surface area contributed by atoms with Gasteiger partial charge in [0, 0.05) is 52.2 Å². The van der Waals surface area contributed by atoms with Crippen LogP contribution < -0.4 is 20.7 Å². The molecule has 9 heteroatoms. The van der Waals surface area contributed by atoms with Gasteiger partial charge < -0.3 is 16.0 Å². The molecule has 0 radical (unpaired) electrons. The molecular weight excluding hydrogens is 551 g/mol. The third-order valence-corrected chi connectivity index (χ3v) is 6.17. The van der Waals surface area contributed by atoms with E-state index in [1.54, 1.807) is 6.92 Å². The number of amides is 3. The normalized spacial score (nSPS) is 13.2. The number of hydrogen-bond acceptors (Lipinski definition) is 5. The minimum absolute atomic E-state index is 0.0469. The Bertz CT molecular complexity index is 959. The molecule has 0 aliphatic rings. The number of benzene rings is 2. The minimum Gasteiger partial charge on any atom is -0.352 e. The number of rotatable bonds is 11. The zero-order valence-corrected chi connectivity index (χ0v) is 22.5. The molecule has 0 aliphatic heterocycles. The number of carbonyl (C=O) groups excluding carboxylic acids is 3. The van der Waals surface area contributed by atoms with Crippen molar-refractivity contribution in [3.8, 4) is 0 Å². The van der Waals surface area contributed by atoms with Crippen molar-refractivity contribution in [3.05, 3.63) is 48.0 Å². The Morgan fingerprint density at radius 1 is 1.03 bits per heavy atom. The zero-order chi connectivity index (χ0) is 24.4. The van der Waals surface area contributed by atoms with Crippen LogP contribution in [0.5, 0.6) is 0 Å². The van der Waals surface area contributed by atoms with Gasteiger partial charge >= 0.3 is 0 Å². The Balaban J connectivity index is 1.83. The Hall–Kier alpha value is -1.85. The summed E-state index contributed by atoms with van der Waals surface area (Å²) >= 11 is 2.10. The molecule has 2 atom stereocenters. The fourth-order valence-corrected chi connectivity index (χ4v) is 4.83. The molecule has 2 rings (SSSR count). The molecule has 2 aromatic carbocycles. The molecule has 0 aromatic heterocycles. The predicted octanol–water partition coefficient (Wildman–Crippen LogP) is 4.00. The van der Waals surface area contributed by atoms with E-state index in [0.717, 1.165) is 16.3 Å². The van der Waals surface area contributed by atoms with Gasteiger partial charge in [0.1, 0.15) is 6.04 Å². The van der Waals surface area contributed by atoms with E-state index in [0.29, 0.717) is 19.4 Å². The third kappa shape index (κ3) is 9.89. The third-order valence-electron chi connectivity index (χ3n) is 4.98. The molecule has 0 saturated carbocycles. The topological polar surface area (TPSA) is 99.3 Å². The van der Waals surface area contributed by atoms with Gasteiger partial charge in [-0.1, -0.05) is 42.5 Å². The second kappa shape index (κ2) is 13.1. The highest BCUT2D eigenvalue weighted by Crippen LogP contribution is 2.18. The Labute approximate surface area is 212 Å². The summed E-state index contributed by atoms with van der Waals surface area (Å²) in [5, 5.41) is 10.8. The van der Waals surface area contributed by atoms with E-state index >= 15 is 0 Å². The Kier molecular flexibility index (Phi) is 10.9. The molecule has 0 spiro atoms. The van der Waals surface area contributed by atoms with E-state index in [1.807, 2.05) is 63.2 Å². The van der Waals surface area contributed by atoms with Gasteiger partial charge in [0.25, 0.3) is 0 Å². The molecule has 0 unspecified atom stereocenters. The van der Waals surface area contributed by atoms with E-state index in [2.05, 4.69) is 41.9 Å². The van der Waals surface area contributed by atoms with Crippen LogP contribution in [0.2, 0.25) is 0 Å². The molecule has 3 amide bonds. The average molecular weight is 585 g/mol. The molecule has 0 fully saturated rings. The number of carbonyl (C=O) groups is 3. The number of hydrogen-bond donors (Lipinski definition) is 4. The Morgan fingerprint density at radius 3 is 2.42 bits per heavy atom. The molecule has 0 saturated heterocycles. The van der Waals surface area contributed by atoms with Gasteiger partial charge in [0.2, 0.25) is 17.7 Å². The fraction of sp³-hybridized carbons (Fsp3) is 0.458. The monoisotopic (exact) mass is 584 g/mol. The lowest BCUT2D eigenvalue weighted by Crippen LogP contribution is -2.46. The SMILES string of the molecule is C[C@H](NC(=O)C[C@H](CCC(=O)NC(C)(C)C)NSI)C(=O)NCc1cccc2ccccc12. The van der Waals surface area contributed by atoms with Gasteiger partial charge in [-0.25, -0.2) is 0 Å². The fourth-order valence-electron chi connectivity index (χ4n) is 3.42. The molecule has 0 aliphatic carbocycles. The highest BCUT2D eigenvalue weighted by Gasteiger charge is 2.21. The van der Waals surface area contributed by atoms with Crippen molar-refractivity contribution in [2.45, 2.75) is 71.1 Å². The van der Waals surface area contributed by atoms with E-state index in [9.17, 15) is 14.4 Å². The Morgan fingerprint density at radius 2 is 1.73 bits per heavy atom. The lowest BCUT2D eigenvalue weighted by atomic mass is 10.0. The van der Waals surface area contributed by atoms with Gasteiger partial charge in [0.05, 0.1) is 0 Å². The van der Waals surface area contributed by atoms with Crippen LogP contribution in [-0.4, -0.2) is 35.3 Å². The summed E-state index contributed by atoms with van der Waals surface area (Å²) in [6.07, 6.45) is 1.02. The second-order valence-electron chi connectivity index (χ2n) is 9.08. The van der Waals surface area contributed by atoms with Crippen molar-refractivity contribution in [3.63, 3.8) is 0 Å². The van der Waals surface area contributed by atoms with E-state index in [4.69, 9.17) is 0 Å². The molecular formula is C24H33IN4O3S. The van der Waals surface area contributed by atoms with Crippen molar-refractivity contribution in [2.24, 2.45) is 0 Å². The zero-order valence-electron chi connectivity index (χ0n) is 19.5. The lowest BCUT2D eigenvalue weighted by molar-refractivity contribution is -0.129. The maximum Gasteiger partial charge on any atom is 0.242 e. The van der Waals surface area contributed by atoms with E-state index in [-0.39, 0.29) is 35.7 Å². The maximum absolute atomic E-state index is 12.5. The van der Waals surface area contributed by atoms with Gasteiger partial charge in [-0.15, -0.1) is 0 Å². The predicted molar refractivity (Wildman–Crippen MR) is 144 cm³/mol. The van der Waals surface area contributed by atoms with Crippen LogP contribution in [0.1, 0.15) is 52.5 Å². The summed E-state index contributed by atoms with van der Waals surface area (Å²) in [6, 6.07) is 13.2. The number of nitrogens with one attached hydrogen (secondary N) is 4. The molecule has 180 valence electrons. The smallest absolute Gasteiger partial charge is 0.242 e. The van der Waals surface area contributed by atoms with Gasteiger partial charge in [-0.2, -0.15) is 0 Å². The highest BCUT2D eigenvalue weighted by molar-refractivity contribution is 14.2. The van der Waals surface area contributed by atoms with Crippen molar-refractivity contribution in [1.29, 1.82) is 0 Å². The first-order chi connectivity index (χ1) is 15.6. The second-order valence-corrected chi connectivity index (χ2v) is 10.8. The molecule has 7 nitrogen and oxygen atoms in total. The van der Waals surface area contributed by atoms with Crippen LogP contribution in [-0.2, 0) is 20.9 Å². The van der Waals surface area contributed by atoms with Crippen LogP contribution >= 0.6 is 30.3 Å². The lowest BCUT2D eigenvalue weighted by Gasteiger charge is -2.22. The largest absolute Gasteiger partial charge is 0.352 e. The van der Waals surface area contributed by atoms with Crippen LogP contribution in [0.25, 0.3) is 10.8 Å². The number of halogens is 1. The van der Waals surface area contributed by atoms with Gasteiger partial charge in [0.15, 0.2) is 0 Å². The minimum atomic E-state index is -0.662. The molecule has 0 bridgehead atoms. The van der Waals surface area contributed by atoms with E-state index < -0.39 is 6.04 Å². The molecule has 0 heterocycles. The maximum atomic E-state index is 12.5. The summed E-state index contributed by atoms with van der Waals surface area (Å²) in [4.78, 5) is 37.2. The van der Waals surface area contributed by atoms with Crippen molar-refractivity contribution in [2.75, 3.05) is 0 Å². The van der Waals surface area contributed by atoms with Crippen molar-refractivity contribution >= 4 is 58.8 Å². The summed E-state index contributed by atoms with van der Waals surface area (Å²) in [5.74, 6) is -0.523. The number of fused-ring (bicyclic) bond motifs is 1. The average Bonchev–Trinajstić information content (AvgIpc) is 2.74. The van der Waals surface area contributed by atoms with Crippen LogP contribution in [0.4, 0.5) is 0 Å². The van der Waals surface area contributed by atoms with Crippen molar-refractivity contribution in [1.82, 2.24) is 20.7 Å². The molecule has 2 aromatic rings. The van der Waals surface area contributed by atoms with Gasteiger partial charge in [-0.05, 0) is 59.6 Å². The van der Waals surface area contributed by atoms with Crippen LogP contribution in [0.15, 0.2) is 42.5 Å². The first-order valence-corrected chi connectivity index (χ1v) is 14.3. The highest BCUT2D eigenvalue weighted by atomic mass is 127. The molecule has 33 heavy (non-hydrogen) atoms. The van der Waals surface area contributed by atoms with Crippen LogP contribution in [0, 0.1) is 0 Å². The summed E-state index contributed by atoms with van der Waals surface area (Å²) < 4.78 is 3.16. The summed E-state index contributed by atoms with van der Waals surface area (Å²) in [6.45, 7) is 7.85. The first kappa shape index (κ1) is 27.4. The summed E-state index contributed by atoms with van der Waals surface area (Å²) in [5.41, 5.74) is 0.737. The van der Waals surface area contributed by atoms with Crippen LogP contribution in [0.3, 0.4) is 0 Å². The van der Waals surface area contributed by atoms with Crippen molar-refractivity contribution < 1.29 is 14.4 Å². The van der Waals surface area contributed by atoms with Gasteiger partial charge in [-0.3, -0.25) is 19.1 Å².